The molecule has 8 heteroatoms. The zero-order valence-corrected chi connectivity index (χ0v) is 13.2. The van der Waals surface area contributed by atoms with Crippen molar-refractivity contribution in [2.24, 2.45) is 0 Å². The predicted octanol–water partition coefficient (Wildman–Crippen LogP) is 2.61. The molecular weight excluding hydrogens is 319 g/mol. The van der Waals surface area contributed by atoms with Gasteiger partial charge in [-0.05, 0) is 31.2 Å². The van der Waals surface area contributed by atoms with Crippen molar-refractivity contribution < 1.29 is 13.9 Å². The molecule has 0 aliphatic rings. The molecule has 3 aromatic rings. The number of hydrogen-bond acceptors (Lipinski definition) is 6. The number of hydrogen-bond donors (Lipinski definition) is 0. The largest absolute Gasteiger partial charge is 0.468 e. The fourth-order valence-electron chi connectivity index (χ4n) is 2.07. The van der Waals surface area contributed by atoms with Gasteiger partial charge >= 0.3 is 5.97 Å². The van der Waals surface area contributed by atoms with Crippen molar-refractivity contribution in [3.63, 3.8) is 0 Å². The SMILES string of the molecule is COC(=O)[C@H](C)Sc1ncnc2c1cnn2-c1ccc(F)cc1. The first-order valence-corrected chi connectivity index (χ1v) is 7.67. The summed E-state index contributed by atoms with van der Waals surface area (Å²) in [5.74, 6) is -0.643. The van der Waals surface area contributed by atoms with E-state index in [1.54, 1.807) is 29.9 Å². The third-order valence-electron chi connectivity index (χ3n) is 3.22. The van der Waals surface area contributed by atoms with Crippen molar-refractivity contribution in [3.8, 4) is 5.69 Å². The van der Waals surface area contributed by atoms with Crippen molar-refractivity contribution >= 4 is 28.8 Å². The maximum absolute atomic E-state index is 13.1. The summed E-state index contributed by atoms with van der Waals surface area (Å²) in [5.41, 5.74) is 1.28. The molecule has 0 bridgehead atoms. The summed E-state index contributed by atoms with van der Waals surface area (Å²) in [5, 5.41) is 5.25. The van der Waals surface area contributed by atoms with Crippen LogP contribution in [-0.2, 0) is 9.53 Å². The number of thioether (sulfide) groups is 1. The summed E-state index contributed by atoms with van der Waals surface area (Å²) in [7, 11) is 1.35. The van der Waals surface area contributed by atoms with Crippen LogP contribution in [0, 0.1) is 5.82 Å². The molecule has 0 saturated carbocycles. The van der Waals surface area contributed by atoms with Gasteiger partial charge in [-0.2, -0.15) is 5.10 Å². The monoisotopic (exact) mass is 332 g/mol. The van der Waals surface area contributed by atoms with Crippen molar-refractivity contribution in [2.75, 3.05) is 7.11 Å². The minimum Gasteiger partial charge on any atom is -0.468 e. The van der Waals surface area contributed by atoms with Crippen LogP contribution in [0.4, 0.5) is 4.39 Å². The topological polar surface area (TPSA) is 69.9 Å². The summed E-state index contributed by atoms with van der Waals surface area (Å²) in [6, 6.07) is 5.96. The predicted molar refractivity (Wildman–Crippen MR) is 84.0 cm³/mol. The first-order valence-electron chi connectivity index (χ1n) is 6.79. The molecule has 6 nitrogen and oxygen atoms in total. The van der Waals surface area contributed by atoms with Gasteiger partial charge in [0.1, 0.15) is 22.4 Å². The average Bonchev–Trinajstić information content (AvgIpc) is 3.00. The highest BCUT2D eigenvalue weighted by Gasteiger charge is 2.19. The summed E-state index contributed by atoms with van der Waals surface area (Å²) >= 11 is 1.28. The standard InChI is InChI=1S/C15H13FN4O2S/c1-9(15(21)22-2)23-14-12-7-19-20(13(12)17-8-18-14)11-5-3-10(16)4-6-11/h3-9H,1-2H3/t9-/m0/s1. The molecule has 2 heterocycles. The molecule has 1 aromatic carbocycles. The summed E-state index contributed by atoms with van der Waals surface area (Å²) in [6.07, 6.45) is 3.04. The molecule has 0 unspecified atom stereocenters. The number of methoxy groups -OCH3 is 1. The highest BCUT2D eigenvalue weighted by molar-refractivity contribution is 8.00. The maximum atomic E-state index is 13.1. The number of nitrogens with zero attached hydrogens (tertiary/aromatic N) is 4. The number of carbonyl (C=O) groups excluding carboxylic acids is 1. The van der Waals surface area contributed by atoms with Crippen molar-refractivity contribution in [1.82, 2.24) is 19.7 Å². The van der Waals surface area contributed by atoms with Crippen molar-refractivity contribution in [2.45, 2.75) is 17.2 Å². The van der Waals surface area contributed by atoms with E-state index in [1.807, 2.05) is 0 Å². The van der Waals surface area contributed by atoms with Gasteiger partial charge in [-0.25, -0.2) is 19.0 Å². The van der Waals surface area contributed by atoms with Gasteiger partial charge < -0.3 is 4.74 Å². The molecule has 0 aliphatic carbocycles. The molecule has 0 amide bonds. The average molecular weight is 332 g/mol. The maximum Gasteiger partial charge on any atom is 0.318 e. The Morgan fingerprint density at radius 3 is 2.74 bits per heavy atom. The van der Waals surface area contributed by atoms with E-state index in [2.05, 4.69) is 15.1 Å². The lowest BCUT2D eigenvalue weighted by Crippen LogP contribution is -2.14. The second kappa shape index (κ2) is 6.33. The van der Waals surface area contributed by atoms with E-state index in [4.69, 9.17) is 4.74 Å². The number of benzene rings is 1. The van der Waals surface area contributed by atoms with Crippen LogP contribution in [0.1, 0.15) is 6.92 Å². The Kier molecular flexibility index (Phi) is 4.24. The van der Waals surface area contributed by atoms with Gasteiger partial charge in [0.15, 0.2) is 5.65 Å². The van der Waals surface area contributed by atoms with Crippen LogP contribution in [0.3, 0.4) is 0 Å². The quantitative estimate of drug-likeness (QED) is 0.415. The lowest BCUT2D eigenvalue weighted by molar-refractivity contribution is -0.139. The van der Waals surface area contributed by atoms with Gasteiger partial charge in [-0.3, -0.25) is 4.79 Å². The van der Waals surface area contributed by atoms with E-state index in [-0.39, 0.29) is 11.8 Å². The number of esters is 1. The van der Waals surface area contributed by atoms with E-state index in [0.717, 1.165) is 5.39 Å². The van der Waals surface area contributed by atoms with Crippen LogP contribution in [0.2, 0.25) is 0 Å². The zero-order valence-electron chi connectivity index (χ0n) is 12.4. The van der Waals surface area contributed by atoms with E-state index in [1.165, 1.54) is 37.3 Å². The summed E-state index contributed by atoms with van der Waals surface area (Å²) in [4.78, 5) is 20.0. The van der Waals surface area contributed by atoms with E-state index in [0.29, 0.717) is 16.4 Å². The zero-order chi connectivity index (χ0) is 16.4. The second-order valence-electron chi connectivity index (χ2n) is 4.73. The Balaban J connectivity index is 2.00. The Morgan fingerprint density at radius 2 is 2.04 bits per heavy atom. The molecule has 0 N–H and O–H groups in total. The molecule has 1 atom stereocenters. The molecule has 23 heavy (non-hydrogen) atoms. The molecule has 0 saturated heterocycles. The lowest BCUT2D eigenvalue weighted by atomic mass is 10.3. The fraction of sp³-hybridized carbons (Fsp3) is 0.200. The van der Waals surface area contributed by atoms with Gasteiger partial charge in [-0.1, -0.05) is 11.8 Å². The number of carbonyl (C=O) groups is 1. The third-order valence-corrected chi connectivity index (χ3v) is 4.32. The van der Waals surface area contributed by atoms with Crippen molar-refractivity contribution in [1.29, 1.82) is 0 Å². The number of fused-ring (bicyclic) bond motifs is 1. The molecule has 118 valence electrons. The van der Waals surface area contributed by atoms with Gasteiger partial charge in [0.25, 0.3) is 0 Å². The highest BCUT2D eigenvalue weighted by atomic mass is 32.2. The van der Waals surface area contributed by atoms with E-state index < -0.39 is 5.25 Å². The van der Waals surface area contributed by atoms with Crippen LogP contribution in [0.5, 0.6) is 0 Å². The van der Waals surface area contributed by atoms with Crippen LogP contribution < -0.4 is 0 Å². The number of halogens is 1. The minimum atomic E-state index is -0.396. The van der Waals surface area contributed by atoms with E-state index in [9.17, 15) is 9.18 Å². The van der Waals surface area contributed by atoms with Gasteiger partial charge in [0, 0.05) is 0 Å². The molecule has 2 aromatic heterocycles. The van der Waals surface area contributed by atoms with Crippen LogP contribution in [0.15, 0.2) is 41.8 Å². The molecule has 3 rings (SSSR count). The van der Waals surface area contributed by atoms with E-state index >= 15 is 0 Å². The third kappa shape index (κ3) is 3.02. The number of aromatic nitrogens is 4. The minimum absolute atomic E-state index is 0.317. The second-order valence-corrected chi connectivity index (χ2v) is 6.06. The number of rotatable bonds is 4. The summed E-state index contributed by atoms with van der Waals surface area (Å²) in [6.45, 7) is 1.74. The van der Waals surface area contributed by atoms with Crippen LogP contribution >= 0.6 is 11.8 Å². The Bertz CT molecular complexity index is 850. The van der Waals surface area contributed by atoms with Gasteiger partial charge in [0.2, 0.25) is 0 Å². The fourth-order valence-corrected chi connectivity index (χ4v) is 2.98. The highest BCUT2D eigenvalue weighted by Crippen LogP contribution is 2.29. The first kappa shape index (κ1) is 15.4. The van der Waals surface area contributed by atoms with Crippen LogP contribution in [0.25, 0.3) is 16.7 Å². The molecular formula is C15H13FN4O2S. The summed E-state index contributed by atoms with van der Waals surface area (Å²) < 4.78 is 19.4. The van der Waals surface area contributed by atoms with Crippen LogP contribution in [-0.4, -0.2) is 38.1 Å². The molecule has 0 spiro atoms. The van der Waals surface area contributed by atoms with Crippen molar-refractivity contribution in [3.05, 3.63) is 42.6 Å². The van der Waals surface area contributed by atoms with Gasteiger partial charge in [-0.15, -0.1) is 0 Å². The molecule has 0 radical (unpaired) electrons. The normalized spacial score (nSPS) is 12.3. The Labute approximate surface area is 135 Å². The van der Waals surface area contributed by atoms with Gasteiger partial charge in [0.05, 0.1) is 24.4 Å². The number of ether oxygens (including phenoxy) is 1. The Hall–Kier alpha value is -2.48. The first-order chi connectivity index (χ1) is 11.1. The Morgan fingerprint density at radius 1 is 1.30 bits per heavy atom. The lowest BCUT2D eigenvalue weighted by Gasteiger charge is -2.08. The molecule has 0 aliphatic heterocycles. The molecule has 0 fully saturated rings. The smallest absolute Gasteiger partial charge is 0.318 e.